The Hall–Kier alpha value is -1.26. The molecular formula is C13H20N2O2. The summed E-state index contributed by atoms with van der Waals surface area (Å²) in [5, 5.41) is 9.22. The number of hydrogen-bond acceptors (Lipinski definition) is 4. The van der Waals surface area contributed by atoms with E-state index >= 15 is 0 Å². The number of rotatable bonds is 3. The fourth-order valence-electron chi connectivity index (χ4n) is 2.48. The van der Waals surface area contributed by atoms with Crippen LogP contribution in [0.4, 0.5) is 5.69 Å². The van der Waals surface area contributed by atoms with E-state index in [1.54, 1.807) is 7.11 Å². The maximum atomic E-state index is 9.22. The second kappa shape index (κ2) is 4.94. The number of aliphatic hydroxyl groups excluding tert-OH is 1. The molecule has 1 heterocycles. The van der Waals surface area contributed by atoms with Crippen molar-refractivity contribution >= 4 is 5.69 Å². The van der Waals surface area contributed by atoms with Crippen LogP contribution in [0.25, 0.3) is 0 Å². The molecule has 0 bridgehead atoms. The number of anilines is 1. The monoisotopic (exact) mass is 236 g/mol. The number of fused-ring (bicyclic) bond motifs is 1. The van der Waals surface area contributed by atoms with Gasteiger partial charge in [0.2, 0.25) is 0 Å². The second-order valence-electron chi connectivity index (χ2n) is 4.59. The number of hydrogen-bond donors (Lipinski definition) is 2. The number of nitrogens with two attached hydrogens (primary N) is 1. The van der Waals surface area contributed by atoms with Crippen molar-refractivity contribution in [1.82, 2.24) is 0 Å². The van der Waals surface area contributed by atoms with E-state index in [0.29, 0.717) is 0 Å². The molecule has 0 aliphatic carbocycles. The molecule has 1 aromatic rings. The summed E-state index contributed by atoms with van der Waals surface area (Å²) < 4.78 is 5.24. The lowest BCUT2D eigenvalue weighted by Crippen LogP contribution is -2.38. The molecule has 0 saturated carbocycles. The molecular weight excluding hydrogens is 216 g/mol. The van der Waals surface area contributed by atoms with Gasteiger partial charge in [-0.3, -0.25) is 0 Å². The molecule has 3 N–H and O–H groups in total. The van der Waals surface area contributed by atoms with Crippen LogP contribution in [0.2, 0.25) is 0 Å². The summed E-state index contributed by atoms with van der Waals surface area (Å²) in [6, 6.07) is 5.86. The van der Waals surface area contributed by atoms with Crippen LogP contribution in [-0.4, -0.2) is 38.5 Å². The SMILES string of the molecule is COc1ccc2c(c1)N(C)CCC2C(N)CO. The molecule has 2 unspecified atom stereocenters. The van der Waals surface area contributed by atoms with Gasteiger partial charge >= 0.3 is 0 Å². The fourth-order valence-corrected chi connectivity index (χ4v) is 2.48. The molecule has 0 amide bonds. The minimum Gasteiger partial charge on any atom is -0.497 e. The average molecular weight is 236 g/mol. The summed E-state index contributed by atoms with van der Waals surface area (Å²) in [6.07, 6.45) is 0.984. The van der Waals surface area contributed by atoms with Gasteiger partial charge in [0.25, 0.3) is 0 Å². The van der Waals surface area contributed by atoms with Crippen molar-refractivity contribution in [3.63, 3.8) is 0 Å². The van der Waals surface area contributed by atoms with Crippen molar-refractivity contribution < 1.29 is 9.84 Å². The highest BCUT2D eigenvalue weighted by Gasteiger charge is 2.27. The Kier molecular flexibility index (Phi) is 3.54. The van der Waals surface area contributed by atoms with Gasteiger partial charge in [-0.1, -0.05) is 6.07 Å². The normalized spacial score (nSPS) is 20.9. The van der Waals surface area contributed by atoms with E-state index < -0.39 is 0 Å². The Balaban J connectivity index is 2.39. The quantitative estimate of drug-likeness (QED) is 0.820. The minimum atomic E-state index is -0.184. The number of ether oxygens (including phenoxy) is 1. The van der Waals surface area contributed by atoms with E-state index in [-0.39, 0.29) is 18.6 Å². The van der Waals surface area contributed by atoms with E-state index in [1.807, 2.05) is 12.1 Å². The van der Waals surface area contributed by atoms with Crippen LogP contribution in [0, 0.1) is 0 Å². The van der Waals surface area contributed by atoms with Crippen LogP contribution in [0.3, 0.4) is 0 Å². The number of nitrogens with zero attached hydrogens (tertiary/aromatic N) is 1. The first-order valence-corrected chi connectivity index (χ1v) is 5.93. The molecule has 1 aromatic carbocycles. The highest BCUT2D eigenvalue weighted by Crippen LogP contribution is 2.38. The first-order valence-electron chi connectivity index (χ1n) is 5.93. The van der Waals surface area contributed by atoms with Gasteiger partial charge in [-0.25, -0.2) is 0 Å². The van der Waals surface area contributed by atoms with E-state index in [9.17, 15) is 5.11 Å². The van der Waals surface area contributed by atoms with Gasteiger partial charge < -0.3 is 20.5 Å². The van der Waals surface area contributed by atoms with Crippen molar-refractivity contribution in [2.75, 3.05) is 32.2 Å². The molecule has 94 valence electrons. The summed E-state index contributed by atoms with van der Waals surface area (Å²) >= 11 is 0. The smallest absolute Gasteiger partial charge is 0.120 e. The van der Waals surface area contributed by atoms with Crippen LogP contribution in [0.1, 0.15) is 17.9 Å². The number of methoxy groups -OCH3 is 1. The molecule has 0 aromatic heterocycles. The largest absolute Gasteiger partial charge is 0.497 e. The predicted molar refractivity (Wildman–Crippen MR) is 68.7 cm³/mol. The third-order valence-corrected chi connectivity index (χ3v) is 3.55. The Morgan fingerprint density at radius 1 is 1.59 bits per heavy atom. The van der Waals surface area contributed by atoms with Gasteiger partial charge in [0.15, 0.2) is 0 Å². The van der Waals surface area contributed by atoms with Crippen molar-refractivity contribution in [3.05, 3.63) is 23.8 Å². The minimum absolute atomic E-state index is 0.0276. The van der Waals surface area contributed by atoms with Crippen LogP contribution in [-0.2, 0) is 0 Å². The zero-order chi connectivity index (χ0) is 12.4. The van der Waals surface area contributed by atoms with Crippen LogP contribution >= 0.6 is 0 Å². The van der Waals surface area contributed by atoms with E-state index in [0.717, 1.165) is 24.4 Å². The van der Waals surface area contributed by atoms with Gasteiger partial charge in [0, 0.05) is 37.3 Å². The first kappa shape index (κ1) is 12.2. The summed E-state index contributed by atoms with van der Waals surface area (Å²) in [5.41, 5.74) is 8.35. The third kappa shape index (κ3) is 2.23. The summed E-state index contributed by atoms with van der Waals surface area (Å²) in [6.45, 7) is 0.985. The van der Waals surface area contributed by atoms with Crippen LogP contribution in [0.5, 0.6) is 5.75 Å². The molecule has 2 rings (SSSR count). The Morgan fingerprint density at radius 3 is 3.00 bits per heavy atom. The molecule has 2 atom stereocenters. The van der Waals surface area contributed by atoms with Crippen molar-refractivity contribution in [3.8, 4) is 5.75 Å². The summed E-state index contributed by atoms with van der Waals surface area (Å²) in [5.74, 6) is 1.09. The standard InChI is InChI=1S/C13H20N2O2/c1-15-6-5-10(12(14)8-16)11-4-3-9(17-2)7-13(11)15/h3-4,7,10,12,16H,5-6,8,14H2,1-2H3. The molecule has 1 aliphatic rings. The summed E-state index contributed by atoms with van der Waals surface area (Å²) in [7, 11) is 3.74. The van der Waals surface area contributed by atoms with E-state index in [4.69, 9.17) is 10.5 Å². The lowest BCUT2D eigenvalue weighted by Gasteiger charge is -2.35. The first-order chi connectivity index (χ1) is 8.17. The zero-order valence-electron chi connectivity index (χ0n) is 10.4. The highest BCUT2D eigenvalue weighted by atomic mass is 16.5. The average Bonchev–Trinajstić information content (AvgIpc) is 2.38. The van der Waals surface area contributed by atoms with Crippen molar-refractivity contribution in [1.29, 1.82) is 0 Å². The van der Waals surface area contributed by atoms with Gasteiger partial charge in [-0.2, -0.15) is 0 Å². The highest BCUT2D eigenvalue weighted by molar-refractivity contribution is 5.60. The zero-order valence-corrected chi connectivity index (χ0v) is 10.4. The topological polar surface area (TPSA) is 58.7 Å². The van der Waals surface area contributed by atoms with Crippen LogP contribution < -0.4 is 15.4 Å². The molecule has 0 saturated heterocycles. The lowest BCUT2D eigenvalue weighted by atomic mass is 9.85. The second-order valence-corrected chi connectivity index (χ2v) is 4.59. The Morgan fingerprint density at radius 2 is 2.35 bits per heavy atom. The number of aliphatic hydroxyl groups is 1. The summed E-state index contributed by atoms with van der Waals surface area (Å²) in [4.78, 5) is 2.21. The van der Waals surface area contributed by atoms with Gasteiger partial charge in [0.05, 0.1) is 13.7 Å². The molecule has 1 aliphatic heterocycles. The van der Waals surface area contributed by atoms with E-state index in [2.05, 4.69) is 18.0 Å². The van der Waals surface area contributed by atoms with Gasteiger partial charge in [-0.15, -0.1) is 0 Å². The lowest BCUT2D eigenvalue weighted by molar-refractivity contribution is 0.244. The predicted octanol–water partition coefficient (Wildman–Crippen LogP) is 0.938. The maximum Gasteiger partial charge on any atom is 0.120 e. The third-order valence-electron chi connectivity index (χ3n) is 3.55. The molecule has 4 nitrogen and oxygen atoms in total. The van der Waals surface area contributed by atoms with Crippen molar-refractivity contribution in [2.45, 2.75) is 18.4 Å². The van der Waals surface area contributed by atoms with Crippen LogP contribution in [0.15, 0.2) is 18.2 Å². The maximum absolute atomic E-state index is 9.22. The molecule has 4 heteroatoms. The van der Waals surface area contributed by atoms with E-state index in [1.165, 1.54) is 5.56 Å². The molecule has 17 heavy (non-hydrogen) atoms. The molecule has 0 radical (unpaired) electrons. The fraction of sp³-hybridized carbons (Fsp3) is 0.538. The molecule has 0 fully saturated rings. The van der Waals surface area contributed by atoms with Gasteiger partial charge in [0.1, 0.15) is 5.75 Å². The molecule has 0 spiro atoms. The van der Waals surface area contributed by atoms with Crippen molar-refractivity contribution in [2.24, 2.45) is 5.73 Å². The Labute approximate surface area is 102 Å². The number of benzene rings is 1. The van der Waals surface area contributed by atoms with Gasteiger partial charge in [-0.05, 0) is 18.1 Å². The Bertz CT molecular complexity index is 395.